The molecule has 3 aromatic rings. The Labute approximate surface area is 202 Å². The number of likely N-dealkylation sites (N-methyl/N-ethyl adjacent to an activating group) is 1. The molecule has 1 unspecified atom stereocenters. The number of amides is 2. The van der Waals surface area contributed by atoms with Gasteiger partial charge in [-0.05, 0) is 67.1 Å². The molecule has 34 heavy (non-hydrogen) atoms. The predicted molar refractivity (Wildman–Crippen MR) is 136 cm³/mol. The van der Waals surface area contributed by atoms with E-state index in [9.17, 15) is 9.59 Å². The summed E-state index contributed by atoms with van der Waals surface area (Å²) in [5.41, 5.74) is 6.27. The molecule has 0 saturated heterocycles. The van der Waals surface area contributed by atoms with Gasteiger partial charge in [0.1, 0.15) is 11.8 Å². The maximum absolute atomic E-state index is 13.6. The monoisotopic (exact) mass is 458 g/mol. The SMILES string of the molecule is CNC(=O)C(Cc1ccccc1)N(Cc1ccccc1C)C(=O)COc1cc(C)cc(C)c1C. The lowest BCUT2D eigenvalue weighted by molar-refractivity contribution is -0.142. The minimum absolute atomic E-state index is 0.141. The number of carbonyl (C=O) groups is 2. The van der Waals surface area contributed by atoms with Crippen LogP contribution in [0.2, 0.25) is 0 Å². The second-order valence-corrected chi connectivity index (χ2v) is 8.76. The summed E-state index contributed by atoms with van der Waals surface area (Å²) in [4.78, 5) is 28.2. The van der Waals surface area contributed by atoms with Gasteiger partial charge in [0.25, 0.3) is 5.91 Å². The van der Waals surface area contributed by atoms with E-state index in [0.717, 1.165) is 33.4 Å². The number of nitrogens with one attached hydrogen (secondary N) is 1. The van der Waals surface area contributed by atoms with Crippen molar-refractivity contribution in [3.8, 4) is 5.75 Å². The Hall–Kier alpha value is -3.60. The van der Waals surface area contributed by atoms with Crippen LogP contribution >= 0.6 is 0 Å². The van der Waals surface area contributed by atoms with Gasteiger partial charge in [0.2, 0.25) is 5.91 Å². The van der Waals surface area contributed by atoms with Gasteiger partial charge in [-0.15, -0.1) is 0 Å². The standard InChI is InChI=1S/C29H34N2O3/c1-20-15-22(3)23(4)27(16-20)34-19-28(32)31(18-25-14-10-9-11-21(25)2)26(29(33)30-5)17-24-12-7-6-8-13-24/h6-16,26H,17-19H2,1-5H3,(H,30,33). The summed E-state index contributed by atoms with van der Waals surface area (Å²) in [7, 11) is 1.60. The van der Waals surface area contributed by atoms with Gasteiger partial charge in [0.05, 0.1) is 0 Å². The summed E-state index contributed by atoms with van der Waals surface area (Å²) in [5.74, 6) is 0.265. The minimum Gasteiger partial charge on any atom is -0.483 e. The fraction of sp³-hybridized carbons (Fsp3) is 0.310. The molecular weight excluding hydrogens is 424 g/mol. The molecule has 5 heteroatoms. The highest BCUT2D eigenvalue weighted by molar-refractivity contribution is 5.88. The molecule has 0 fully saturated rings. The van der Waals surface area contributed by atoms with Crippen LogP contribution in [0.15, 0.2) is 66.7 Å². The Morgan fingerprint density at radius 3 is 2.26 bits per heavy atom. The topological polar surface area (TPSA) is 58.6 Å². The molecule has 1 atom stereocenters. The number of carbonyl (C=O) groups excluding carboxylic acids is 2. The average molecular weight is 459 g/mol. The first-order valence-corrected chi connectivity index (χ1v) is 11.6. The van der Waals surface area contributed by atoms with Crippen LogP contribution in [0.5, 0.6) is 5.75 Å². The molecule has 0 saturated carbocycles. The summed E-state index contributed by atoms with van der Waals surface area (Å²) >= 11 is 0. The summed E-state index contributed by atoms with van der Waals surface area (Å²) in [6, 6.07) is 21.1. The Morgan fingerprint density at radius 2 is 1.59 bits per heavy atom. The van der Waals surface area contributed by atoms with Crippen LogP contribution < -0.4 is 10.1 Å². The third-order valence-corrected chi connectivity index (χ3v) is 6.23. The largest absolute Gasteiger partial charge is 0.483 e. The van der Waals surface area contributed by atoms with Crippen LogP contribution in [-0.2, 0) is 22.6 Å². The normalized spacial score (nSPS) is 11.6. The fourth-order valence-electron chi connectivity index (χ4n) is 4.06. The van der Waals surface area contributed by atoms with E-state index in [-0.39, 0.29) is 18.4 Å². The van der Waals surface area contributed by atoms with E-state index >= 15 is 0 Å². The first kappa shape index (κ1) is 25.0. The van der Waals surface area contributed by atoms with Gasteiger partial charge in [-0.25, -0.2) is 0 Å². The van der Waals surface area contributed by atoms with Gasteiger partial charge in [0.15, 0.2) is 6.61 Å². The maximum Gasteiger partial charge on any atom is 0.261 e. The molecule has 0 aliphatic rings. The van der Waals surface area contributed by atoms with Gasteiger partial charge < -0.3 is 15.0 Å². The number of nitrogens with zero attached hydrogens (tertiary/aromatic N) is 1. The minimum atomic E-state index is -0.663. The first-order valence-electron chi connectivity index (χ1n) is 11.6. The van der Waals surface area contributed by atoms with E-state index in [4.69, 9.17) is 4.74 Å². The lowest BCUT2D eigenvalue weighted by Crippen LogP contribution is -2.51. The molecule has 0 heterocycles. The quantitative estimate of drug-likeness (QED) is 0.506. The van der Waals surface area contributed by atoms with Crippen molar-refractivity contribution >= 4 is 11.8 Å². The van der Waals surface area contributed by atoms with Gasteiger partial charge in [-0.2, -0.15) is 0 Å². The third kappa shape index (κ3) is 6.25. The zero-order valence-electron chi connectivity index (χ0n) is 20.7. The van der Waals surface area contributed by atoms with E-state index in [2.05, 4.69) is 11.4 Å². The molecule has 0 aliphatic heterocycles. The Balaban J connectivity index is 1.92. The molecule has 1 N–H and O–H groups in total. The van der Waals surface area contributed by atoms with Crippen LogP contribution in [0.1, 0.15) is 33.4 Å². The summed E-state index contributed by atoms with van der Waals surface area (Å²) in [6.45, 7) is 8.22. The van der Waals surface area contributed by atoms with Crippen molar-refractivity contribution in [1.82, 2.24) is 10.2 Å². The van der Waals surface area contributed by atoms with Crippen LogP contribution in [0.4, 0.5) is 0 Å². The average Bonchev–Trinajstić information content (AvgIpc) is 2.83. The van der Waals surface area contributed by atoms with Crippen LogP contribution in [-0.4, -0.2) is 36.4 Å². The van der Waals surface area contributed by atoms with E-state index in [1.165, 1.54) is 0 Å². The molecule has 0 aromatic heterocycles. The van der Waals surface area contributed by atoms with Crippen molar-refractivity contribution < 1.29 is 14.3 Å². The van der Waals surface area contributed by atoms with Crippen molar-refractivity contribution in [2.24, 2.45) is 0 Å². The van der Waals surface area contributed by atoms with Crippen molar-refractivity contribution in [1.29, 1.82) is 0 Å². The fourth-order valence-corrected chi connectivity index (χ4v) is 4.06. The molecule has 3 aromatic carbocycles. The van der Waals surface area contributed by atoms with Crippen molar-refractivity contribution in [2.45, 2.75) is 46.7 Å². The third-order valence-electron chi connectivity index (χ3n) is 6.23. The van der Waals surface area contributed by atoms with Crippen LogP contribution in [0, 0.1) is 27.7 Å². The second kappa shape index (κ2) is 11.5. The Kier molecular flexibility index (Phi) is 8.47. The molecule has 0 spiro atoms. The number of aryl methyl sites for hydroxylation is 3. The number of benzene rings is 3. The second-order valence-electron chi connectivity index (χ2n) is 8.76. The van der Waals surface area contributed by atoms with Gasteiger partial charge in [-0.1, -0.05) is 60.7 Å². The molecular formula is C29H34N2O3. The van der Waals surface area contributed by atoms with Crippen molar-refractivity contribution in [3.05, 3.63) is 100 Å². The molecule has 178 valence electrons. The number of rotatable bonds is 9. The lowest BCUT2D eigenvalue weighted by Gasteiger charge is -2.31. The number of hydrogen-bond acceptors (Lipinski definition) is 3. The number of ether oxygens (including phenoxy) is 1. The highest BCUT2D eigenvalue weighted by Crippen LogP contribution is 2.24. The molecule has 5 nitrogen and oxygen atoms in total. The summed E-state index contributed by atoms with van der Waals surface area (Å²) in [5, 5.41) is 2.75. The first-order chi connectivity index (χ1) is 16.3. The van der Waals surface area contributed by atoms with Crippen molar-refractivity contribution in [3.63, 3.8) is 0 Å². The van der Waals surface area contributed by atoms with Crippen molar-refractivity contribution in [2.75, 3.05) is 13.7 Å². The van der Waals surface area contributed by atoms with E-state index in [1.54, 1.807) is 11.9 Å². The van der Waals surface area contributed by atoms with Gasteiger partial charge in [0, 0.05) is 20.0 Å². The predicted octanol–water partition coefficient (Wildman–Crippen LogP) is 4.69. The summed E-state index contributed by atoms with van der Waals surface area (Å²) in [6.07, 6.45) is 0.417. The molecule has 0 radical (unpaired) electrons. The smallest absolute Gasteiger partial charge is 0.261 e. The molecule has 3 rings (SSSR count). The zero-order valence-corrected chi connectivity index (χ0v) is 20.7. The Bertz CT molecular complexity index is 1140. The van der Waals surface area contributed by atoms with Gasteiger partial charge >= 0.3 is 0 Å². The number of hydrogen-bond donors (Lipinski definition) is 1. The van der Waals surface area contributed by atoms with E-state index in [1.807, 2.05) is 88.4 Å². The highest BCUT2D eigenvalue weighted by Gasteiger charge is 2.30. The maximum atomic E-state index is 13.6. The molecule has 0 bridgehead atoms. The highest BCUT2D eigenvalue weighted by atomic mass is 16.5. The van der Waals surface area contributed by atoms with E-state index in [0.29, 0.717) is 18.7 Å². The van der Waals surface area contributed by atoms with Crippen LogP contribution in [0.3, 0.4) is 0 Å². The Morgan fingerprint density at radius 1 is 0.912 bits per heavy atom. The zero-order chi connectivity index (χ0) is 24.7. The van der Waals surface area contributed by atoms with E-state index < -0.39 is 6.04 Å². The molecule has 0 aliphatic carbocycles. The van der Waals surface area contributed by atoms with Crippen LogP contribution in [0.25, 0.3) is 0 Å². The van der Waals surface area contributed by atoms with Gasteiger partial charge in [-0.3, -0.25) is 9.59 Å². The lowest BCUT2D eigenvalue weighted by atomic mass is 10.0. The molecule has 2 amide bonds. The summed E-state index contributed by atoms with van der Waals surface area (Å²) < 4.78 is 6.00.